The Balaban J connectivity index is 1.43. The molecule has 0 saturated carbocycles. The lowest BCUT2D eigenvalue weighted by atomic mass is 10.0. The Bertz CT molecular complexity index is 908. The smallest absolute Gasteiger partial charge is 0.243 e. The summed E-state index contributed by atoms with van der Waals surface area (Å²) in [6.07, 6.45) is 2.28. The largest absolute Gasteiger partial charge is 0.339 e. The highest BCUT2D eigenvalue weighted by atomic mass is 32.2. The van der Waals surface area contributed by atoms with Crippen molar-refractivity contribution in [2.45, 2.75) is 36.7 Å². The maximum absolute atomic E-state index is 13.3. The number of carbonyl (C=O) groups is 1. The van der Waals surface area contributed by atoms with E-state index < -0.39 is 16.1 Å². The first-order valence-corrected chi connectivity index (χ1v) is 12.5. The third-order valence-corrected chi connectivity index (χ3v) is 8.52. The minimum Gasteiger partial charge on any atom is -0.339 e. The van der Waals surface area contributed by atoms with Crippen LogP contribution in [0.5, 0.6) is 0 Å². The Morgan fingerprint density at radius 3 is 2.41 bits per heavy atom. The van der Waals surface area contributed by atoms with Gasteiger partial charge in [0.05, 0.1) is 4.90 Å². The predicted octanol–water partition coefficient (Wildman–Crippen LogP) is 2.64. The van der Waals surface area contributed by atoms with Crippen molar-refractivity contribution in [1.82, 2.24) is 14.1 Å². The highest BCUT2D eigenvalue weighted by Crippen LogP contribution is 2.27. The van der Waals surface area contributed by atoms with Crippen LogP contribution in [0.2, 0.25) is 0 Å². The molecule has 2 fully saturated rings. The molecular formula is C21H27N3O3S2. The SMILES string of the molecule is O=C(C1CCCCN1S(=O)(=O)c1ccccc1)N1CCN(Cc2cccs2)CC1. The van der Waals surface area contributed by atoms with E-state index in [1.807, 2.05) is 4.90 Å². The number of carbonyl (C=O) groups excluding carboxylic acids is 1. The maximum Gasteiger partial charge on any atom is 0.243 e. The van der Waals surface area contributed by atoms with E-state index in [1.54, 1.807) is 41.7 Å². The average molecular weight is 434 g/mol. The van der Waals surface area contributed by atoms with E-state index in [9.17, 15) is 13.2 Å². The van der Waals surface area contributed by atoms with E-state index in [-0.39, 0.29) is 10.8 Å². The van der Waals surface area contributed by atoms with Gasteiger partial charge in [0.2, 0.25) is 15.9 Å². The predicted molar refractivity (Wildman–Crippen MR) is 114 cm³/mol. The van der Waals surface area contributed by atoms with Crippen molar-refractivity contribution in [3.63, 3.8) is 0 Å². The highest BCUT2D eigenvalue weighted by Gasteiger charge is 2.39. The van der Waals surface area contributed by atoms with Gasteiger partial charge in [0.1, 0.15) is 6.04 Å². The van der Waals surface area contributed by atoms with Gasteiger partial charge in [-0.15, -0.1) is 11.3 Å². The van der Waals surface area contributed by atoms with Gasteiger partial charge in [-0.2, -0.15) is 4.31 Å². The van der Waals surface area contributed by atoms with Gasteiger partial charge >= 0.3 is 0 Å². The zero-order chi connectivity index (χ0) is 20.3. The molecule has 3 heterocycles. The van der Waals surface area contributed by atoms with E-state index in [0.29, 0.717) is 26.1 Å². The minimum atomic E-state index is -3.66. The first-order valence-electron chi connectivity index (χ1n) is 10.2. The summed E-state index contributed by atoms with van der Waals surface area (Å²) in [6.45, 7) is 4.27. The second kappa shape index (κ2) is 8.95. The molecule has 2 saturated heterocycles. The fourth-order valence-corrected chi connectivity index (χ4v) is 6.55. The van der Waals surface area contributed by atoms with E-state index in [2.05, 4.69) is 22.4 Å². The van der Waals surface area contributed by atoms with Crippen molar-refractivity contribution in [2.75, 3.05) is 32.7 Å². The normalized spacial score (nSPS) is 21.9. The van der Waals surface area contributed by atoms with Crippen LogP contribution < -0.4 is 0 Å². The minimum absolute atomic E-state index is 0.0417. The second-order valence-corrected chi connectivity index (χ2v) is 10.5. The van der Waals surface area contributed by atoms with E-state index in [1.165, 1.54) is 9.18 Å². The van der Waals surface area contributed by atoms with Crippen molar-refractivity contribution >= 4 is 27.3 Å². The summed E-state index contributed by atoms with van der Waals surface area (Å²) in [5.74, 6) is -0.0417. The van der Waals surface area contributed by atoms with Crippen LogP contribution in [0.1, 0.15) is 24.1 Å². The summed E-state index contributed by atoms with van der Waals surface area (Å²) in [6, 6.07) is 12.1. The fraction of sp³-hybridized carbons (Fsp3) is 0.476. The molecule has 29 heavy (non-hydrogen) atoms. The Hall–Kier alpha value is -1.74. The molecule has 4 rings (SSSR count). The summed E-state index contributed by atoms with van der Waals surface area (Å²) in [5, 5.41) is 2.08. The Labute approximate surface area is 176 Å². The van der Waals surface area contributed by atoms with Gasteiger partial charge in [-0.1, -0.05) is 30.7 Å². The molecular weight excluding hydrogens is 406 g/mol. The number of hydrogen-bond donors (Lipinski definition) is 0. The van der Waals surface area contributed by atoms with Gasteiger partial charge in [0.25, 0.3) is 0 Å². The molecule has 1 unspecified atom stereocenters. The third kappa shape index (κ3) is 4.55. The van der Waals surface area contributed by atoms with Crippen LogP contribution in [-0.2, 0) is 21.4 Å². The van der Waals surface area contributed by atoms with Crippen molar-refractivity contribution in [2.24, 2.45) is 0 Å². The summed E-state index contributed by atoms with van der Waals surface area (Å²) in [7, 11) is -3.66. The topological polar surface area (TPSA) is 60.9 Å². The van der Waals surface area contributed by atoms with Gasteiger partial charge in [-0.25, -0.2) is 8.42 Å². The number of piperazine rings is 1. The second-order valence-electron chi connectivity index (χ2n) is 7.62. The summed E-state index contributed by atoms with van der Waals surface area (Å²) in [4.78, 5) is 19.1. The number of thiophene rings is 1. The summed E-state index contributed by atoms with van der Waals surface area (Å²) < 4.78 is 27.8. The molecule has 0 aliphatic carbocycles. The standard InChI is InChI=1S/C21H27N3O3S2/c25-21(23-14-12-22(13-15-23)17-18-7-6-16-28-18)20-10-4-5-11-24(20)29(26,27)19-8-2-1-3-9-19/h1-3,6-9,16,20H,4-5,10-15,17H2. The molecule has 1 amide bonds. The average Bonchev–Trinajstić information content (AvgIpc) is 3.27. The van der Waals surface area contributed by atoms with Crippen LogP contribution in [0.15, 0.2) is 52.7 Å². The monoisotopic (exact) mass is 433 g/mol. The number of benzene rings is 1. The number of piperidine rings is 1. The van der Waals surface area contributed by atoms with Crippen molar-refractivity contribution in [3.05, 3.63) is 52.7 Å². The van der Waals surface area contributed by atoms with Crippen molar-refractivity contribution in [1.29, 1.82) is 0 Å². The number of sulfonamides is 1. The Morgan fingerprint density at radius 1 is 0.966 bits per heavy atom. The zero-order valence-electron chi connectivity index (χ0n) is 16.4. The number of hydrogen-bond acceptors (Lipinski definition) is 5. The van der Waals surface area contributed by atoms with Crippen LogP contribution in [-0.4, -0.2) is 67.2 Å². The molecule has 0 spiro atoms. The van der Waals surface area contributed by atoms with Crippen LogP contribution in [0.4, 0.5) is 0 Å². The lowest BCUT2D eigenvalue weighted by molar-refractivity contribution is -0.138. The molecule has 1 aromatic heterocycles. The Kier molecular flexibility index (Phi) is 6.34. The highest BCUT2D eigenvalue weighted by molar-refractivity contribution is 7.89. The van der Waals surface area contributed by atoms with Gasteiger partial charge in [-0.05, 0) is 36.4 Å². The van der Waals surface area contributed by atoms with Gasteiger partial charge in [0, 0.05) is 44.1 Å². The summed E-state index contributed by atoms with van der Waals surface area (Å²) in [5.41, 5.74) is 0. The quantitative estimate of drug-likeness (QED) is 0.727. The molecule has 2 aromatic rings. The first kappa shape index (κ1) is 20.5. The van der Waals surface area contributed by atoms with Crippen molar-refractivity contribution < 1.29 is 13.2 Å². The maximum atomic E-state index is 13.3. The molecule has 1 aromatic carbocycles. The lowest BCUT2D eigenvalue weighted by Crippen LogP contribution is -2.56. The van der Waals surface area contributed by atoms with E-state index in [4.69, 9.17) is 0 Å². The lowest BCUT2D eigenvalue weighted by Gasteiger charge is -2.40. The third-order valence-electron chi connectivity index (χ3n) is 5.73. The van der Waals surface area contributed by atoms with Crippen LogP contribution in [0.25, 0.3) is 0 Å². The van der Waals surface area contributed by atoms with Crippen LogP contribution in [0, 0.1) is 0 Å². The molecule has 2 aliphatic heterocycles. The van der Waals surface area contributed by atoms with Crippen LogP contribution in [0.3, 0.4) is 0 Å². The zero-order valence-corrected chi connectivity index (χ0v) is 18.1. The molecule has 156 valence electrons. The van der Waals surface area contributed by atoms with E-state index in [0.717, 1.165) is 32.5 Å². The van der Waals surface area contributed by atoms with Gasteiger partial charge in [0.15, 0.2) is 0 Å². The number of rotatable bonds is 5. The number of amides is 1. The first-order chi connectivity index (χ1) is 14.1. The van der Waals surface area contributed by atoms with Crippen molar-refractivity contribution in [3.8, 4) is 0 Å². The molecule has 0 N–H and O–H groups in total. The molecule has 0 radical (unpaired) electrons. The molecule has 0 bridgehead atoms. The Morgan fingerprint density at radius 2 is 1.72 bits per heavy atom. The molecule has 2 aliphatic rings. The number of nitrogens with zero attached hydrogens (tertiary/aromatic N) is 3. The molecule has 8 heteroatoms. The molecule has 1 atom stereocenters. The van der Waals surface area contributed by atoms with E-state index >= 15 is 0 Å². The molecule has 6 nitrogen and oxygen atoms in total. The van der Waals surface area contributed by atoms with Crippen LogP contribution >= 0.6 is 11.3 Å². The van der Waals surface area contributed by atoms with Gasteiger partial charge in [-0.3, -0.25) is 9.69 Å². The van der Waals surface area contributed by atoms with Gasteiger partial charge < -0.3 is 4.90 Å². The fourth-order valence-electron chi connectivity index (χ4n) is 4.13. The summed E-state index contributed by atoms with van der Waals surface area (Å²) >= 11 is 1.75.